The third-order valence-corrected chi connectivity index (χ3v) is 3.38. The van der Waals surface area contributed by atoms with Crippen molar-refractivity contribution < 1.29 is 19.4 Å². The lowest BCUT2D eigenvalue weighted by Gasteiger charge is -2.12. The lowest BCUT2D eigenvalue weighted by Crippen LogP contribution is -2.11. The molecule has 0 aliphatic heterocycles. The fourth-order valence-corrected chi connectivity index (χ4v) is 2.20. The zero-order chi connectivity index (χ0) is 15.4. The van der Waals surface area contributed by atoms with Crippen molar-refractivity contribution in [3.05, 3.63) is 47.5 Å². The third-order valence-electron chi connectivity index (χ3n) is 3.38. The molecule has 0 radical (unpaired) electrons. The summed E-state index contributed by atoms with van der Waals surface area (Å²) >= 11 is 0. The van der Waals surface area contributed by atoms with Gasteiger partial charge in [0.25, 0.3) is 0 Å². The Bertz CT molecular complexity index is 689. The molecule has 2 rings (SSSR count). The van der Waals surface area contributed by atoms with Gasteiger partial charge in [-0.2, -0.15) is 0 Å². The minimum atomic E-state index is -0.467. The largest absolute Gasteiger partial charge is 0.507 e. The number of ether oxygens (including phenoxy) is 2. The Kier molecular flexibility index (Phi) is 4.60. The van der Waals surface area contributed by atoms with Crippen LogP contribution in [0, 0.1) is 6.92 Å². The van der Waals surface area contributed by atoms with Gasteiger partial charge in [-0.15, -0.1) is 0 Å². The van der Waals surface area contributed by atoms with E-state index in [9.17, 15) is 9.90 Å². The number of hydrogen-bond donors (Lipinski definition) is 1. The van der Waals surface area contributed by atoms with Crippen molar-refractivity contribution in [1.82, 2.24) is 0 Å². The maximum absolute atomic E-state index is 12.1. The van der Waals surface area contributed by atoms with Gasteiger partial charge in [0.15, 0.2) is 0 Å². The Morgan fingerprint density at radius 1 is 1.29 bits per heavy atom. The average molecular weight is 286 g/mol. The number of aryl methyl sites for hydroxylation is 1. The summed E-state index contributed by atoms with van der Waals surface area (Å²) in [6, 6.07) is 7.02. The maximum Gasteiger partial charge on any atom is 0.338 e. The summed E-state index contributed by atoms with van der Waals surface area (Å²) in [5.41, 5.74) is 2.06. The number of hydrogen-bond acceptors (Lipinski definition) is 4. The first-order valence-corrected chi connectivity index (χ1v) is 6.63. The molecule has 0 bridgehead atoms. The summed E-state index contributed by atoms with van der Waals surface area (Å²) in [7, 11) is 1.54. The van der Waals surface area contributed by atoms with Gasteiger partial charge in [-0.25, -0.2) is 4.79 Å². The first-order chi connectivity index (χ1) is 10.1. The molecule has 0 fully saturated rings. The number of rotatable bonds is 5. The number of phenols is 1. The minimum Gasteiger partial charge on any atom is -0.507 e. The van der Waals surface area contributed by atoms with Crippen molar-refractivity contribution in [1.29, 1.82) is 0 Å². The van der Waals surface area contributed by atoms with Crippen LogP contribution in [-0.4, -0.2) is 31.4 Å². The summed E-state index contributed by atoms with van der Waals surface area (Å²) in [6.07, 6.45) is 1.72. The van der Waals surface area contributed by atoms with Crippen LogP contribution in [0.15, 0.2) is 30.8 Å². The van der Waals surface area contributed by atoms with Crippen molar-refractivity contribution in [2.75, 3.05) is 20.3 Å². The minimum absolute atomic E-state index is 0.0601. The molecular weight excluding hydrogens is 268 g/mol. The highest BCUT2D eigenvalue weighted by Crippen LogP contribution is 2.31. The number of methoxy groups -OCH3 is 1. The van der Waals surface area contributed by atoms with Crippen LogP contribution in [0.5, 0.6) is 5.75 Å². The predicted octanol–water partition coefficient (Wildman–Crippen LogP) is 3.30. The molecule has 0 unspecified atom stereocenters. The molecule has 110 valence electrons. The van der Waals surface area contributed by atoms with Crippen LogP contribution in [0.4, 0.5) is 0 Å². The summed E-state index contributed by atoms with van der Waals surface area (Å²) in [6.45, 7) is 6.08. The second-order valence-corrected chi connectivity index (χ2v) is 4.71. The van der Waals surface area contributed by atoms with Crippen LogP contribution in [-0.2, 0) is 9.47 Å². The molecule has 2 aromatic rings. The predicted molar refractivity (Wildman–Crippen MR) is 82.6 cm³/mol. The van der Waals surface area contributed by atoms with Gasteiger partial charge in [0, 0.05) is 12.5 Å². The number of phenolic OH excluding ortho intramolecular Hbond substituents is 1. The van der Waals surface area contributed by atoms with E-state index in [0.29, 0.717) is 17.6 Å². The molecule has 21 heavy (non-hydrogen) atoms. The number of carbonyl (C=O) groups is 1. The van der Waals surface area contributed by atoms with Gasteiger partial charge in [-0.1, -0.05) is 24.8 Å². The molecule has 0 amide bonds. The highest BCUT2D eigenvalue weighted by atomic mass is 16.6. The number of aromatic hydroxyl groups is 1. The zero-order valence-corrected chi connectivity index (χ0v) is 12.2. The van der Waals surface area contributed by atoms with Gasteiger partial charge in [-0.05, 0) is 35.6 Å². The van der Waals surface area contributed by atoms with Gasteiger partial charge < -0.3 is 14.6 Å². The smallest absolute Gasteiger partial charge is 0.338 e. The van der Waals surface area contributed by atoms with Gasteiger partial charge in [0.1, 0.15) is 12.4 Å². The zero-order valence-electron chi connectivity index (χ0n) is 12.2. The van der Waals surface area contributed by atoms with Crippen molar-refractivity contribution in [2.45, 2.75) is 6.92 Å². The molecule has 0 aliphatic carbocycles. The first kappa shape index (κ1) is 15.1. The molecule has 0 aromatic heterocycles. The lowest BCUT2D eigenvalue weighted by atomic mass is 9.97. The standard InChI is InChI=1S/C17H18O4/c1-4-12-5-6-13-14(9-12)11(2)15(10-16(13)18)17(19)21-8-7-20-3/h4-6,9-10,18H,1,7-8H2,2-3H3. The van der Waals surface area contributed by atoms with E-state index < -0.39 is 5.97 Å². The quantitative estimate of drug-likeness (QED) is 0.677. The average Bonchev–Trinajstić information content (AvgIpc) is 2.50. The van der Waals surface area contributed by atoms with Crippen LogP contribution in [0.2, 0.25) is 0 Å². The molecule has 0 heterocycles. The Labute approximate surface area is 123 Å². The second kappa shape index (κ2) is 6.41. The molecule has 0 atom stereocenters. The molecule has 2 aromatic carbocycles. The highest BCUT2D eigenvalue weighted by Gasteiger charge is 2.16. The van der Waals surface area contributed by atoms with E-state index in [2.05, 4.69) is 6.58 Å². The fourth-order valence-electron chi connectivity index (χ4n) is 2.20. The molecule has 1 N–H and O–H groups in total. The van der Waals surface area contributed by atoms with Crippen molar-refractivity contribution in [3.63, 3.8) is 0 Å². The first-order valence-electron chi connectivity index (χ1n) is 6.63. The monoisotopic (exact) mass is 286 g/mol. The topological polar surface area (TPSA) is 55.8 Å². The van der Waals surface area contributed by atoms with Crippen molar-refractivity contribution in [2.24, 2.45) is 0 Å². The van der Waals surface area contributed by atoms with E-state index in [0.717, 1.165) is 16.5 Å². The number of fused-ring (bicyclic) bond motifs is 1. The molecule has 0 spiro atoms. The number of esters is 1. The van der Waals surface area contributed by atoms with E-state index in [1.165, 1.54) is 13.2 Å². The van der Waals surface area contributed by atoms with E-state index in [1.807, 2.05) is 25.1 Å². The van der Waals surface area contributed by atoms with Crippen molar-refractivity contribution >= 4 is 22.8 Å². The summed E-state index contributed by atoms with van der Waals surface area (Å²) in [5.74, 6) is -0.407. The molecule has 4 heteroatoms. The third kappa shape index (κ3) is 3.06. The Balaban J connectivity index is 2.47. The molecular formula is C17H18O4. The summed E-state index contributed by atoms with van der Waals surface area (Å²) in [4.78, 5) is 12.1. The fraction of sp³-hybridized carbons (Fsp3) is 0.235. The number of benzene rings is 2. The normalized spacial score (nSPS) is 10.6. The Morgan fingerprint density at radius 3 is 2.71 bits per heavy atom. The lowest BCUT2D eigenvalue weighted by molar-refractivity contribution is 0.0387. The molecule has 0 saturated heterocycles. The molecule has 4 nitrogen and oxygen atoms in total. The Morgan fingerprint density at radius 2 is 2.05 bits per heavy atom. The Hall–Kier alpha value is -2.33. The van der Waals surface area contributed by atoms with Crippen LogP contribution < -0.4 is 0 Å². The van der Waals surface area contributed by atoms with Gasteiger partial charge in [0.05, 0.1) is 12.2 Å². The highest BCUT2D eigenvalue weighted by molar-refractivity contribution is 6.01. The second-order valence-electron chi connectivity index (χ2n) is 4.71. The van der Waals surface area contributed by atoms with E-state index in [4.69, 9.17) is 9.47 Å². The van der Waals surface area contributed by atoms with Crippen molar-refractivity contribution in [3.8, 4) is 5.75 Å². The van der Waals surface area contributed by atoms with E-state index in [-0.39, 0.29) is 12.4 Å². The van der Waals surface area contributed by atoms with Crippen LogP contribution in [0.25, 0.3) is 16.8 Å². The van der Waals surface area contributed by atoms with Gasteiger partial charge in [0.2, 0.25) is 0 Å². The van der Waals surface area contributed by atoms with E-state index >= 15 is 0 Å². The van der Waals surface area contributed by atoms with Crippen LogP contribution >= 0.6 is 0 Å². The molecule has 0 saturated carbocycles. The van der Waals surface area contributed by atoms with Gasteiger partial charge >= 0.3 is 5.97 Å². The number of carbonyl (C=O) groups excluding carboxylic acids is 1. The van der Waals surface area contributed by atoms with Crippen LogP contribution in [0.1, 0.15) is 21.5 Å². The SMILES string of the molecule is C=Cc1ccc2c(O)cc(C(=O)OCCOC)c(C)c2c1. The summed E-state index contributed by atoms with van der Waals surface area (Å²) in [5, 5.41) is 11.6. The van der Waals surface area contributed by atoms with Gasteiger partial charge in [-0.3, -0.25) is 0 Å². The maximum atomic E-state index is 12.1. The summed E-state index contributed by atoms with van der Waals surface area (Å²) < 4.78 is 9.96. The molecule has 0 aliphatic rings. The van der Waals surface area contributed by atoms with E-state index in [1.54, 1.807) is 6.08 Å². The van der Waals surface area contributed by atoms with Crippen LogP contribution in [0.3, 0.4) is 0 Å².